The van der Waals surface area contributed by atoms with Gasteiger partial charge in [-0.3, -0.25) is 9.63 Å². The molecular weight excluding hydrogens is 230 g/mol. The molecule has 1 aromatic rings. The Morgan fingerprint density at radius 3 is 2.33 bits per heavy atom. The van der Waals surface area contributed by atoms with Crippen LogP contribution in [-0.4, -0.2) is 16.7 Å². The van der Waals surface area contributed by atoms with Gasteiger partial charge < -0.3 is 5.11 Å². The van der Waals surface area contributed by atoms with Crippen molar-refractivity contribution in [3.63, 3.8) is 0 Å². The van der Waals surface area contributed by atoms with Crippen LogP contribution in [0.15, 0.2) is 24.3 Å². The van der Waals surface area contributed by atoms with E-state index in [1.54, 1.807) is 6.92 Å². The average Bonchev–Trinajstić information content (AvgIpc) is 2.27. The Morgan fingerprint density at radius 2 is 1.89 bits per heavy atom. The number of nitrogens with one attached hydrogen (secondary N) is 1. The third kappa shape index (κ3) is 4.85. The van der Waals surface area contributed by atoms with Gasteiger partial charge in [-0.15, -0.1) is 0 Å². The maximum Gasteiger partial charge on any atom is 0.310 e. The minimum atomic E-state index is -0.808. The summed E-state index contributed by atoms with van der Waals surface area (Å²) in [4.78, 5) is 16.2. The van der Waals surface area contributed by atoms with Crippen LogP contribution in [0.5, 0.6) is 0 Å². The van der Waals surface area contributed by atoms with Gasteiger partial charge in [0.15, 0.2) is 0 Å². The maximum absolute atomic E-state index is 10.8. The van der Waals surface area contributed by atoms with Crippen molar-refractivity contribution in [2.24, 2.45) is 0 Å². The van der Waals surface area contributed by atoms with Crippen molar-refractivity contribution < 1.29 is 14.7 Å². The molecule has 100 valence electrons. The van der Waals surface area contributed by atoms with Gasteiger partial charge in [-0.1, -0.05) is 24.3 Å². The summed E-state index contributed by atoms with van der Waals surface area (Å²) in [5.74, 6) is -1.28. The number of rotatable bonds is 5. The Bertz CT molecular complexity index is 392. The minimum absolute atomic E-state index is 0.224. The van der Waals surface area contributed by atoms with Crippen molar-refractivity contribution in [3.05, 3.63) is 35.4 Å². The predicted octanol–water partition coefficient (Wildman–Crippen LogP) is 2.69. The Kier molecular flexibility index (Phi) is 4.87. The van der Waals surface area contributed by atoms with E-state index < -0.39 is 11.9 Å². The van der Waals surface area contributed by atoms with Crippen LogP contribution in [0.3, 0.4) is 0 Å². The number of hydrogen-bond acceptors (Lipinski definition) is 3. The van der Waals surface area contributed by atoms with E-state index >= 15 is 0 Å². The van der Waals surface area contributed by atoms with Crippen LogP contribution in [0.4, 0.5) is 0 Å². The second-order valence-electron chi connectivity index (χ2n) is 5.34. The third-order valence-electron chi connectivity index (χ3n) is 2.50. The Morgan fingerprint density at radius 1 is 1.33 bits per heavy atom. The van der Waals surface area contributed by atoms with Gasteiger partial charge in [0.2, 0.25) is 0 Å². The molecule has 0 aromatic heterocycles. The van der Waals surface area contributed by atoms with Gasteiger partial charge in [0.05, 0.1) is 11.5 Å². The lowest BCUT2D eigenvalue weighted by atomic mass is 10.0. The van der Waals surface area contributed by atoms with Gasteiger partial charge in [-0.05, 0) is 38.8 Å². The van der Waals surface area contributed by atoms with E-state index in [1.165, 1.54) is 0 Å². The van der Waals surface area contributed by atoms with Gasteiger partial charge >= 0.3 is 5.97 Å². The molecule has 1 rings (SSSR count). The van der Waals surface area contributed by atoms with Gasteiger partial charge in [-0.25, -0.2) is 0 Å². The molecule has 4 nitrogen and oxygen atoms in total. The predicted molar refractivity (Wildman–Crippen MR) is 70.2 cm³/mol. The van der Waals surface area contributed by atoms with Crippen LogP contribution in [0.1, 0.15) is 44.7 Å². The molecule has 0 saturated carbocycles. The molecule has 0 amide bonds. The molecule has 0 spiro atoms. The first kappa shape index (κ1) is 14.7. The Balaban J connectivity index is 2.53. The Labute approximate surface area is 108 Å². The zero-order valence-electron chi connectivity index (χ0n) is 11.4. The van der Waals surface area contributed by atoms with Gasteiger partial charge in [0.1, 0.15) is 0 Å². The van der Waals surface area contributed by atoms with E-state index in [1.807, 2.05) is 45.0 Å². The molecule has 0 heterocycles. The van der Waals surface area contributed by atoms with Crippen molar-refractivity contribution in [1.29, 1.82) is 0 Å². The summed E-state index contributed by atoms with van der Waals surface area (Å²) in [6, 6.07) is 7.50. The van der Waals surface area contributed by atoms with Crippen molar-refractivity contribution in [2.45, 2.75) is 45.8 Å². The zero-order chi connectivity index (χ0) is 13.8. The van der Waals surface area contributed by atoms with E-state index in [2.05, 4.69) is 5.48 Å². The summed E-state index contributed by atoms with van der Waals surface area (Å²) in [5.41, 5.74) is 4.54. The number of benzene rings is 1. The summed E-state index contributed by atoms with van der Waals surface area (Å²) in [6.07, 6.45) is 0. The van der Waals surface area contributed by atoms with Crippen LogP contribution in [0.25, 0.3) is 0 Å². The fourth-order valence-electron chi connectivity index (χ4n) is 1.40. The molecule has 0 radical (unpaired) electrons. The molecule has 0 fully saturated rings. The van der Waals surface area contributed by atoms with Crippen LogP contribution < -0.4 is 5.48 Å². The van der Waals surface area contributed by atoms with Gasteiger partial charge in [0, 0.05) is 6.54 Å². The van der Waals surface area contributed by atoms with Crippen molar-refractivity contribution in [2.75, 3.05) is 0 Å². The van der Waals surface area contributed by atoms with Crippen LogP contribution in [-0.2, 0) is 16.2 Å². The number of hydrogen-bond donors (Lipinski definition) is 2. The quantitative estimate of drug-likeness (QED) is 0.790. The SMILES string of the molecule is CC(C(=O)O)c1ccc(CNOC(C)(C)C)cc1. The van der Waals surface area contributed by atoms with Crippen LogP contribution in [0.2, 0.25) is 0 Å². The van der Waals surface area contributed by atoms with Crippen LogP contribution in [0, 0.1) is 0 Å². The zero-order valence-corrected chi connectivity index (χ0v) is 11.4. The molecule has 4 heteroatoms. The topological polar surface area (TPSA) is 58.6 Å². The van der Waals surface area contributed by atoms with E-state index in [4.69, 9.17) is 9.94 Å². The molecule has 1 unspecified atom stereocenters. The minimum Gasteiger partial charge on any atom is -0.481 e. The summed E-state index contributed by atoms with van der Waals surface area (Å²) in [5, 5.41) is 8.90. The normalized spacial score (nSPS) is 13.3. The second-order valence-corrected chi connectivity index (χ2v) is 5.34. The molecule has 1 aromatic carbocycles. The van der Waals surface area contributed by atoms with Crippen LogP contribution >= 0.6 is 0 Å². The average molecular weight is 251 g/mol. The van der Waals surface area contributed by atoms with E-state index in [0.717, 1.165) is 11.1 Å². The van der Waals surface area contributed by atoms with E-state index in [9.17, 15) is 4.79 Å². The van der Waals surface area contributed by atoms with Crippen molar-refractivity contribution in [3.8, 4) is 0 Å². The second kappa shape index (κ2) is 5.98. The fourth-order valence-corrected chi connectivity index (χ4v) is 1.40. The highest BCUT2D eigenvalue weighted by atomic mass is 16.7. The smallest absolute Gasteiger partial charge is 0.310 e. The lowest BCUT2D eigenvalue weighted by molar-refractivity contribution is -0.138. The summed E-state index contributed by atoms with van der Waals surface area (Å²) in [7, 11) is 0. The first-order valence-corrected chi connectivity index (χ1v) is 6.02. The van der Waals surface area contributed by atoms with Crippen molar-refractivity contribution in [1.82, 2.24) is 5.48 Å². The summed E-state index contributed by atoms with van der Waals surface area (Å²) in [6.45, 7) is 8.18. The first-order valence-electron chi connectivity index (χ1n) is 6.02. The first-order chi connectivity index (χ1) is 8.29. The van der Waals surface area contributed by atoms with Gasteiger partial charge in [0.25, 0.3) is 0 Å². The highest BCUT2D eigenvalue weighted by Crippen LogP contribution is 2.16. The molecule has 18 heavy (non-hydrogen) atoms. The van der Waals surface area contributed by atoms with Crippen molar-refractivity contribution >= 4 is 5.97 Å². The van der Waals surface area contributed by atoms with E-state index in [0.29, 0.717) is 6.54 Å². The molecule has 0 saturated heterocycles. The lowest BCUT2D eigenvalue weighted by Gasteiger charge is -2.19. The number of carbonyl (C=O) groups is 1. The van der Waals surface area contributed by atoms with E-state index in [-0.39, 0.29) is 5.60 Å². The molecule has 0 bridgehead atoms. The highest BCUT2D eigenvalue weighted by Gasteiger charge is 2.13. The molecule has 0 aliphatic carbocycles. The fraction of sp³-hybridized carbons (Fsp3) is 0.500. The number of hydroxylamine groups is 1. The molecule has 0 aliphatic heterocycles. The number of carboxylic acids is 1. The molecule has 1 atom stereocenters. The monoisotopic (exact) mass is 251 g/mol. The summed E-state index contributed by atoms with van der Waals surface area (Å²) >= 11 is 0. The van der Waals surface area contributed by atoms with Gasteiger partial charge in [-0.2, -0.15) is 5.48 Å². The lowest BCUT2D eigenvalue weighted by Crippen LogP contribution is -2.28. The largest absolute Gasteiger partial charge is 0.481 e. The highest BCUT2D eigenvalue weighted by molar-refractivity contribution is 5.75. The molecular formula is C14H21NO3. The Hall–Kier alpha value is -1.39. The molecule has 0 aliphatic rings. The standard InChI is InChI=1S/C14H21NO3/c1-10(13(16)17)12-7-5-11(6-8-12)9-15-18-14(2,3)4/h5-8,10,15H,9H2,1-4H3,(H,16,17). The summed E-state index contributed by atoms with van der Waals surface area (Å²) < 4.78 is 0. The number of aliphatic carboxylic acids is 1. The third-order valence-corrected chi connectivity index (χ3v) is 2.50. The molecule has 2 N–H and O–H groups in total. The number of carboxylic acid groups (broad SMARTS) is 1. The maximum atomic E-state index is 10.8.